The number of carbonyl (C=O) groups excluding carboxylic acids is 2. The summed E-state index contributed by atoms with van der Waals surface area (Å²) in [4.78, 5) is 34.9. The van der Waals surface area contributed by atoms with E-state index in [-0.39, 0.29) is 11.8 Å². The van der Waals surface area contributed by atoms with Crippen molar-refractivity contribution in [1.82, 2.24) is 10.6 Å². The molecule has 3 N–H and O–H groups in total. The highest BCUT2D eigenvalue weighted by Crippen LogP contribution is 2.44. The van der Waals surface area contributed by atoms with E-state index >= 15 is 0 Å². The number of nitrogens with one attached hydrogen (secondary N) is 2. The Hall–Kier alpha value is -3.35. The van der Waals surface area contributed by atoms with Crippen LogP contribution in [0.4, 0.5) is 4.79 Å². The number of fused-ring (bicyclic) bond motifs is 3. The number of carbonyl (C=O) groups is 3. The molecule has 0 fully saturated rings. The molecule has 2 aromatic rings. The van der Waals surface area contributed by atoms with Crippen molar-refractivity contribution in [3.05, 3.63) is 59.7 Å². The van der Waals surface area contributed by atoms with Gasteiger partial charge in [-0.3, -0.25) is 4.79 Å². The first-order chi connectivity index (χ1) is 16.0. The molecule has 33 heavy (non-hydrogen) atoms. The highest BCUT2D eigenvalue weighted by molar-refractivity contribution is 5.83. The van der Waals surface area contributed by atoms with Crippen molar-refractivity contribution < 1.29 is 24.2 Å². The summed E-state index contributed by atoms with van der Waals surface area (Å²) in [5.41, 5.74) is 4.77. The zero-order valence-corrected chi connectivity index (χ0v) is 19.0. The van der Waals surface area contributed by atoms with Crippen LogP contribution in [0.25, 0.3) is 11.1 Å². The van der Waals surface area contributed by atoms with Gasteiger partial charge in [0.15, 0.2) is 0 Å². The lowest BCUT2D eigenvalue weighted by Crippen LogP contribution is -2.40. The number of hydrogen-bond donors (Lipinski definition) is 3. The second-order valence-electron chi connectivity index (χ2n) is 8.28. The van der Waals surface area contributed by atoms with Crippen LogP contribution in [0, 0.1) is 0 Å². The van der Waals surface area contributed by atoms with E-state index < -0.39 is 18.1 Å². The molecule has 3 rings (SSSR count). The van der Waals surface area contributed by atoms with Crippen molar-refractivity contribution in [3.63, 3.8) is 0 Å². The number of rotatable bonds is 12. The Labute approximate surface area is 194 Å². The highest BCUT2D eigenvalue weighted by Gasteiger charge is 2.28. The minimum absolute atomic E-state index is 0.0442. The summed E-state index contributed by atoms with van der Waals surface area (Å²) >= 11 is 0. The van der Waals surface area contributed by atoms with Crippen molar-refractivity contribution >= 4 is 18.0 Å². The Morgan fingerprint density at radius 2 is 1.55 bits per heavy atom. The van der Waals surface area contributed by atoms with Crippen LogP contribution in [0.3, 0.4) is 0 Å². The molecular formula is C26H32N2O5. The summed E-state index contributed by atoms with van der Waals surface area (Å²) in [5.74, 6) is -1.20. The van der Waals surface area contributed by atoms with Crippen LogP contribution in [0.1, 0.15) is 62.5 Å². The summed E-state index contributed by atoms with van der Waals surface area (Å²) in [5, 5.41) is 14.3. The van der Waals surface area contributed by atoms with Gasteiger partial charge >= 0.3 is 12.1 Å². The molecule has 0 saturated carbocycles. The van der Waals surface area contributed by atoms with Gasteiger partial charge < -0.3 is 20.5 Å². The van der Waals surface area contributed by atoms with Gasteiger partial charge in [-0.25, -0.2) is 9.59 Å². The molecule has 0 spiro atoms. The van der Waals surface area contributed by atoms with E-state index in [4.69, 9.17) is 9.84 Å². The van der Waals surface area contributed by atoms with Crippen LogP contribution in [-0.4, -0.2) is 42.3 Å². The molecule has 1 atom stereocenters. The quantitative estimate of drug-likeness (QED) is 0.413. The zero-order chi connectivity index (χ0) is 23.6. The summed E-state index contributed by atoms with van der Waals surface area (Å²) in [7, 11) is 0. The highest BCUT2D eigenvalue weighted by atomic mass is 16.5. The molecule has 2 amide bonds. The normalized spacial score (nSPS) is 13.0. The summed E-state index contributed by atoms with van der Waals surface area (Å²) in [6.07, 6.45) is 3.43. The lowest BCUT2D eigenvalue weighted by molar-refractivity contribution is -0.141. The predicted octanol–water partition coefficient (Wildman–Crippen LogP) is 4.46. The maximum Gasteiger partial charge on any atom is 0.407 e. The first-order valence-electron chi connectivity index (χ1n) is 11.6. The van der Waals surface area contributed by atoms with Crippen LogP contribution >= 0.6 is 0 Å². The largest absolute Gasteiger partial charge is 0.480 e. The van der Waals surface area contributed by atoms with E-state index in [2.05, 4.69) is 34.9 Å². The van der Waals surface area contributed by atoms with Gasteiger partial charge in [0.25, 0.3) is 0 Å². The maximum atomic E-state index is 12.2. The Kier molecular flexibility index (Phi) is 8.87. The van der Waals surface area contributed by atoms with Crippen molar-refractivity contribution in [2.24, 2.45) is 0 Å². The smallest absolute Gasteiger partial charge is 0.407 e. The minimum atomic E-state index is -1.01. The number of hydrogen-bond acceptors (Lipinski definition) is 4. The molecule has 0 aromatic heterocycles. The summed E-state index contributed by atoms with van der Waals surface area (Å²) in [6.45, 7) is 2.53. The molecule has 7 nitrogen and oxygen atoms in total. The SMILES string of the molecule is CC[C@@H](NC(=O)CCCCCCNC(=O)OCC1c2ccccc2-c2ccccc21)C(=O)O. The van der Waals surface area contributed by atoms with Gasteiger partial charge in [0.2, 0.25) is 5.91 Å². The molecule has 1 aliphatic carbocycles. The topological polar surface area (TPSA) is 105 Å². The molecule has 1 aliphatic rings. The first-order valence-corrected chi connectivity index (χ1v) is 11.6. The minimum Gasteiger partial charge on any atom is -0.480 e. The molecule has 0 heterocycles. The molecule has 0 bridgehead atoms. The van der Waals surface area contributed by atoms with Gasteiger partial charge in [0.1, 0.15) is 12.6 Å². The molecule has 176 valence electrons. The van der Waals surface area contributed by atoms with Crippen LogP contribution < -0.4 is 10.6 Å². The number of amides is 2. The molecule has 0 aliphatic heterocycles. The molecule has 2 aromatic carbocycles. The Morgan fingerprint density at radius 1 is 0.939 bits per heavy atom. The van der Waals surface area contributed by atoms with E-state index in [0.717, 1.165) is 19.3 Å². The fourth-order valence-electron chi connectivity index (χ4n) is 4.21. The number of ether oxygens (including phenoxy) is 1. The van der Waals surface area contributed by atoms with E-state index in [1.54, 1.807) is 6.92 Å². The monoisotopic (exact) mass is 452 g/mol. The number of benzene rings is 2. The molecule has 0 saturated heterocycles. The van der Waals surface area contributed by atoms with E-state index in [9.17, 15) is 14.4 Å². The third-order valence-corrected chi connectivity index (χ3v) is 5.99. The average molecular weight is 453 g/mol. The molecule has 0 radical (unpaired) electrons. The van der Waals surface area contributed by atoms with Gasteiger partial charge in [-0.1, -0.05) is 68.3 Å². The fraction of sp³-hybridized carbons (Fsp3) is 0.423. The van der Waals surface area contributed by atoms with E-state index in [1.165, 1.54) is 22.3 Å². The van der Waals surface area contributed by atoms with Gasteiger partial charge in [-0.05, 0) is 41.5 Å². The average Bonchev–Trinajstić information content (AvgIpc) is 3.14. The maximum absolute atomic E-state index is 12.2. The van der Waals surface area contributed by atoms with Gasteiger partial charge in [-0.2, -0.15) is 0 Å². The van der Waals surface area contributed by atoms with Crippen LogP contribution in [0.5, 0.6) is 0 Å². The molecule has 0 unspecified atom stereocenters. The van der Waals surface area contributed by atoms with Crippen molar-refractivity contribution in [3.8, 4) is 11.1 Å². The second-order valence-corrected chi connectivity index (χ2v) is 8.28. The van der Waals surface area contributed by atoms with Crippen LogP contribution in [0.2, 0.25) is 0 Å². The number of carboxylic acid groups (broad SMARTS) is 1. The standard InChI is InChI=1S/C26H32N2O5/c1-2-23(25(30)31)28-24(29)15-5-3-4-10-16-27-26(32)33-17-22-20-13-8-6-11-18(20)19-12-7-9-14-21(19)22/h6-9,11-14,22-23H,2-5,10,15-17H2,1H3,(H,27,32)(H,28,29)(H,30,31)/t23-/m1/s1. The number of aliphatic carboxylic acids is 1. The predicted molar refractivity (Wildman–Crippen MR) is 126 cm³/mol. The van der Waals surface area contributed by atoms with Crippen LogP contribution in [-0.2, 0) is 14.3 Å². The van der Waals surface area contributed by atoms with Crippen molar-refractivity contribution in [2.75, 3.05) is 13.2 Å². The van der Waals surface area contributed by atoms with Crippen LogP contribution in [0.15, 0.2) is 48.5 Å². The fourth-order valence-corrected chi connectivity index (χ4v) is 4.21. The van der Waals surface area contributed by atoms with Crippen molar-refractivity contribution in [1.29, 1.82) is 0 Å². The summed E-state index contributed by atoms with van der Waals surface area (Å²) in [6, 6.07) is 15.6. The zero-order valence-electron chi connectivity index (χ0n) is 19.0. The van der Waals surface area contributed by atoms with Gasteiger partial charge in [-0.15, -0.1) is 0 Å². The lowest BCUT2D eigenvalue weighted by atomic mass is 9.98. The molecular weight excluding hydrogens is 420 g/mol. The first kappa shape index (κ1) is 24.3. The van der Waals surface area contributed by atoms with E-state index in [0.29, 0.717) is 32.4 Å². The van der Waals surface area contributed by atoms with Crippen molar-refractivity contribution in [2.45, 2.75) is 57.4 Å². The summed E-state index contributed by atoms with van der Waals surface area (Å²) < 4.78 is 5.51. The number of alkyl carbamates (subject to hydrolysis) is 1. The molecule has 7 heteroatoms. The Bertz CT molecular complexity index is 929. The number of carboxylic acids is 1. The van der Waals surface area contributed by atoms with E-state index in [1.807, 2.05) is 24.3 Å². The third-order valence-electron chi connectivity index (χ3n) is 5.99. The second kappa shape index (κ2) is 12.0. The Morgan fingerprint density at radius 3 is 2.15 bits per heavy atom. The van der Waals surface area contributed by atoms with Gasteiger partial charge in [0, 0.05) is 18.9 Å². The lowest BCUT2D eigenvalue weighted by Gasteiger charge is -2.14. The number of unbranched alkanes of at least 4 members (excludes halogenated alkanes) is 3. The Balaban J connectivity index is 1.31. The third kappa shape index (κ3) is 6.57. The van der Waals surface area contributed by atoms with Gasteiger partial charge in [0.05, 0.1) is 0 Å².